The van der Waals surface area contributed by atoms with Gasteiger partial charge in [0.05, 0.1) is 88.2 Å². The Balaban J connectivity index is 0.000000135. The lowest BCUT2D eigenvalue weighted by Crippen LogP contribution is -2.40. The molecule has 19 rings (SSSR count). The zero-order valence-corrected chi connectivity index (χ0v) is 79.8. The lowest BCUT2D eigenvalue weighted by Gasteiger charge is -2.30. The molecule has 3 saturated heterocycles. The molecule has 12 aromatic heterocycles. The zero-order valence-electron chi connectivity index (χ0n) is 79.8. The Kier molecular flexibility index (Phi) is 30.1. The number of rotatable bonds is 24. The third-order valence-corrected chi connectivity index (χ3v) is 24.4. The first-order valence-corrected chi connectivity index (χ1v) is 46.4. The number of carbonyl (C=O) groups excluding carboxylic acids is 4. The average Bonchev–Trinajstić information content (AvgIpc) is 1.59. The first-order valence-electron chi connectivity index (χ1n) is 46.4. The summed E-state index contributed by atoms with van der Waals surface area (Å²) in [6.07, 6.45) is 35.5. The van der Waals surface area contributed by atoms with E-state index in [1.807, 2.05) is 228 Å². The molecule has 3 aliphatic rings. The molecule has 0 spiro atoms. The summed E-state index contributed by atoms with van der Waals surface area (Å²) >= 11 is 0. The minimum absolute atomic E-state index is 0.00403. The van der Waals surface area contributed by atoms with Gasteiger partial charge in [0.15, 0.2) is 0 Å². The van der Waals surface area contributed by atoms with Gasteiger partial charge in [-0.1, -0.05) is 31.1 Å². The van der Waals surface area contributed by atoms with Crippen LogP contribution in [0.5, 0.6) is 5.75 Å². The van der Waals surface area contributed by atoms with Crippen LogP contribution in [0.25, 0.3) is 89.2 Å². The second kappa shape index (κ2) is 43.6. The summed E-state index contributed by atoms with van der Waals surface area (Å²) in [7, 11) is 5.31. The van der Waals surface area contributed by atoms with Crippen molar-refractivity contribution in [2.75, 3.05) is 115 Å². The molecule has 710 valence electrons. The number of anilines is 8. The Morgan fingerprint density at radius 1 is 0.393 bits per heavy atom. The molecule has 0 unspecified atom stereocenters. The zero-order chi connectivity index (χ0) is 98.0. The Labute approximate surface area is 811 Å². The van der Waals surface area contributed by atoms with Crippen LogP contribution in [-0.4, -0.2) is 223 Å². The molecule has 3 aliphatic heterocycles. The molecule has 15 heterocycles. The highest BCUT2D eigenvalue weighted by Crippen LogP contribution is 2.35. The SMILES string of the molecule is C#CC(C)(C)c1ccnc(-c2ccnc(Nc3ccc4[nH]c(C(=O)N(C)C)cc4c3)n2)c1.C#CC(C)(C)c1ccnc(-c2ccnc(Nc3ccc4[nH]c(C(=O)N(C)C5CCOCC5)cc4c3)n2)c1.C#CC(C)(C)c1ccnc(-c2ccnc(Nc3ccc4[nH]c(C(=O)N5CCOCC5)cc4c3)n2)c1.CCCCOc1ccnc(-c2ccnc(Nc3ccc4[nH]c(C(=O)N5CCCOCC5)cc4c3)n2)c1. The van der Waals surface area contributed by atoms with Crippen molar-refractivity contribution < 1.29 is 38.1 Å². The van der Waals surface area contributed by atoms with E-state index in [2.05, 4.69) is 126 Å². The third kappa shape index (κ3) is 23.7. The summed E-state index contributed by atoms with van der Waals surface area (Å²) in [5.74, 6) is 10.9. The second-order valence-electron chi connectivity index (χ2n) is 35.8. The van der Waals surface area contributed by atoms with Crippen molar-refractivity contribution in [2.24, 2.45) is 0 Å². The number of H-pyrrole nitrogens is 4. The molecule has 3 fully saturated rings. The van der Waals surface area contributed by atoms with E-state index >= 15 is 0 Å². The fraction of sp³-hybridized carbons (Fsp3) is 0.278. The fourth-order valence-corrected chi connectivity index (χ4v) is 15.9. The first kappa shape index (κ1) is 96.5. The molecule has 32 heteroatoms. The summed E-state index contributed by atoms with van der Waals surface area (Å²) < 4.78 is 22.0. The van der Waals surface area contributed by atoms with Crippen molar-refractivity contribution >= 4 is 114 Å². The van der Waals surface area contributed by atoms with Gasteiger partial charge in [0, 0.05) is 195 Å². The molecule has 0 atom stereocenters. The normalized spacial score (nSPS) is 13.4. The first-order chi connectivity index (χ1) is 67.7. The van der Waals surface area contributed by atoms with E-state index in [0.717, 1.165) is 144 Å². The van der Waals surface area contributed by atoms with Crippen LogP contribution in [0, 0.1) is 37.0 Å². The standard InChI is InChI=1S/C29H30N6O2.C27H30N6O3.C27H26N6O2.C25H24N6O/c1-5-29(2,3)20-8-12-30-25(18-20)24-9-13-31-28(34-24)32-21-6-7-23-19(16-21)17-26(33-23)27(36)35(4)22-10-14-37-15-11-22;1-2-3-14-36-21-7-9-28-24(18-21)23-8-10-29-27(32-23)30-20-5-6-22-19(16-20)17-25(31-22)26(34)33-11-4-13-35-15-12-33;1-4-27(2,3)19-7-9-28-23(17-19)22-8-10-29-26(32-22)30-20-5-6-21-18(15-20)16-24(31-21)25(34)33-11-13-35-14-12-33;1-6-25(2,3)17-9-11-26-21(15-17)20-10-12-27-24(30-20)28-18-7-8-19-16(13-18)14-22(29-19)23(32)31(4)5/h1,6-9,12-13,16-18,22,33H,10-11,14-15H2,2-4H3,(H,31,32,34);5-10,16-18,31H,2-4,11-15H2,1H3,(H,29,30,32);1,5-10,15-17,31H,11-14H2,2-3H3,(H,29,30,32);1,7-15,29H,2-5H3,(H,27,28,30). The number of fused-ring (bicyclic) bond motifs is 4. The number of morpholine rings is 1. The number of unbranched alkanes of at least 4 members (excludes halogenated alkanes) is 1. The molecule has 140 heavy (non-hydrogen) atoms. The number of benzene rings is 4. The minimum Gasteiger partial charge on any atom is -0.493 e. The van der Waals surface area contributed by atoms with Crippen molar-refractivity contribution in [3.8, 4) is 88.3 Å². The monoisotopic (exact) mass is 1870 g/mol. The Morgan fingerprint density at radius 3 is 1.09 bits per heavy atom. The van der Waals surface area contributed by atoms with Gasteiger partial charge < -0.3 is 79.8 Å². The summed E-state index contributed by atoms with van der Waals surface area (Å²) in [4.78, 5) is 125. The van der Waals surface area contributed by atoms with E-state index < -0.39 is 16.2 Å². The maximum Gasteiger partial charge on any atom is 0.270 e. The maximum absolute atomic E-state index is 13.1. The third-order valence-electron chi connectivity index (χ3n) is 24.4. The lowest BCUT2D eigenvalue weighted by molar-refractivity contribution is 0.0299. The van der Waals surface area contributed by atoms with E-state index in [-0.39, 0.29) is 29.7 Å². The summed E-state index contributed by atoms with van der Waals surface area (Å²) in [5, 5.41) is 16.7. The van der Waals surface area contributed by atoms with Gasteiger partial charge in [-0.3, -0.25) is 39.1 Å². The molecule has 4 amide bonds. The van der Waals surface area contributed by atoms with Crippen LogP contribution in [-0.2, 0) is 30.5 Å². The quantitative estimate of drug-likeness (QED) is 0.0206. The average molecular weight is 1870 g/mol. The van der Waals surface area contributed by atoms with Gasteiger partial charge in [0.1, 0.15) is 28.5 Å². The van der Waals surface area contributed by atoms with E-state index in [1.165, 1.54) is 4.90 Å². The highest BCUT2D eigenvalue weighted by molar-refractivity contribution is 6.02. The van der Waals surface area contributed by atoms with Crippen LogP contribution in [0.15, 0.2) is 219 Å². The van der Waals surface area contributed by atoms with Crippen molar-refractivity contribution in [2.45, 2.75) is 103 Å². The van der Waals surface area contributed by atoms with Gasteiger partial charge in [0.25, 0.3) is 23.6 Å². The summed E-state index contributed by atoms with van der Waals surface area (Å²) in [6.45, 7) is 21.1. The van der Waals surface area contributed by atoms with E-state index in [9.17, 15) is 19.2 Å². The van der Waals surface area contributed by atoms with E-state index in [1.54, 1.807) is 68.6 Å². The molecule has 0 saturated carbocycles. The van der Waals surface area contributed by atoms with Gasteiger partial charge in [0.2, 0.25) is 23.8 Å². The highest BCUT2D eigenvalue weighted by atomic mass is 16.5. The predicted octanol–water partition coefficient (Wildman–Crippen LogP) is 18.3. The Bertz CT molecular complexity index is 7300. The van der Waals surface area contributed by atoms with Crippen molar-refractivity contribution in [3.05, 3.63) is 259 Å². The number of nitrogens with zero attached hydrogens (tertiary/aromatic N) is 16. The molecule has 0 aliphatic carbocycles. The molecule has 8 N–H and O–H groups in total. The number of carbonyl (C=O) groups is 4. The van der Waals surface area contributed by atoms with Crippen LogP contribution in [0.2, 0.25) is 0 Å². The summed E-state index contributed by atoms with van der Waals surface area (Å²) in [5.41, 5.74) is 16.5. The summed E-state index contributed by atoms with van der Waals surface area (Å²) in [6, 6.07) is 53.7. The molecule has 32 nitrogen and oxygen atoms in total. The van der Waals surface area contributed by atoms with E-state index in [0.29, 0.717) is 142 Å². The predicted molar refractivity (Wildman–Crippen MR) is 545 cm³/mol. The van der Waals surface area contributed by atoms with Crippen LogP contribution in [0.1, 0.15) is 139 Å². The highest BCUT2D eigenvalue weighted by Gasteiger charge is 2.29. The number of hydrogen-bond donors (Lipinski definition) is 8. The number of ether oxygens (including phenoxy) is 4. The molecular formula is C108H110N24O8. The number of nitrogens with one attached hydrogen (secondary N) is 8. The van der Waals surface area contributed by atoms with Crippen molar-refractivity contribution in [3.63, 3.8) is 0 Å². The molecule has 0 bridgehead atoms. The van der Waals surface area contributed by atoms with Gasteiger partial charge >= 0.3 is 0 Å². The van der Waals surface area contributed by atoms with Gasteiger partial charge in [-0.05, 0) is 248 Å². The number of aromatic nitrogens is 16. The van der Waals surface area contributed by atoms with Crippen LogP contribution < -0.4 is 26.0 Å². The molecule has 16 aromatic rings. The molecule has 0 radical (unpaired) electrons. The smallest absolute Gasteiger partial charge is 0.270 e. The fourth-order valence-electron chi connectivity index (χ4n) is 15.9. The number of pyridine rings is 4. The van der Waals surface area contributed by atoms with Crippen LogP contribution in [0.4, 0.5) is 46.5 Å². The van der Waals surface area contributed by atoms with Crippen LogP contribution >= 0.6 is 0 Å². The molecular weight excluding hydrogens is 1760 g/mol. The number of aromatic amines is 4. The number of terminal acetylenes is 3. The Morgan fingerprint density at radius 2 is 0.721 bits per heavy atom. The van der Waals surface area contributed by atoms with E-state index in [4.69, 9.17) is 38.2 Å². The van der Waals surface area contributed by atoms with Crippen molar-refractivity contribution in [1.29, 1.82) is 0 Å². The van der Waals surface area contributed by atoms with Crippen molar-refractivity contribution in [1.82, 2.24) is 99.3 Å². The Hall–Kier alpha value is -16.6. The molecule has 4 aromatic carbocycles. The number of amides is 4. The maximum atomic E-state index is 13.1. The lowest BCUT2D eigenvalue weighted by atomic mass is 9.86. The van der Waals surface area contributed by atoms with Gasteiger partial charge in [-0.25, -0.2) is 39.9 Å². The number of hydrogen-bond acceptors (Lipinski definition) is 24. The minimum atomic E-state index is -0.405. The van der Waals surface area contributed by atoms with Gasteiger partial charge in [-0.15, -0.1) is 19.3 Å². The van der Waals surface area contributed by atoms with Crippen LogP contribution in [0.3, 0.4) is 0 Å². The topological polar surface area (TPSA) is 384 Å². The van der Waals surface area contributed by atoms with Gasteiger partial charge in [-0.2, -0.15) is 0 Å². The largest absolute Gasteiger partial charge is 0.493 e. The second-order valence-corrected chi connectivity index (χ2v) is 35.8.